The molecule has 0 aliphatic carbocycles. The Morgan fingerprint density at radius 3 is 2.88 bits per heavy atom. The van der Waals surface area contributed by atoms with Crippen LogP contribution >= 0.6 is 0 Å². The average Bonchev–Trinajstić information content (AvgIpc) is 2.58. The average molecular weight is 222 g/mol. The summed E-state index contributed by atoms with van der Waals surface area (Å²) in [5, 5.41) is 9.84. The summed E-state index contributed by atoms with van der Waals surface area (Å²) in [6.07, 6.45) is 0.702. The highest BCUT2D eigenvalue weighted by molar-refractivity contribution is 5.45. The van der Waals surface area contributed by atoms with Crippen molar-refractivity contribution in [3.05, 3.63) is 23.8 Å². The molecule has 1 aliphatic rings. The van der Waals surface area contributed by atoms with E-state index >= 15 is 0 Å². The highest BCUT2D eigenvalue weighted by Crippen LogP contribution is 2.40. The van der Waals surface area contributed by atoms with Gasteiger partial charge >= 0.3 is 0 Å². The Labute approximate surface area is 96.0 Å². The van der Waals surface area contributed by atoms with E-state index in [0.29, 0.717) is 13.0 Å². The fourth-order valence-electron chi connectivity index (χ4n) is 2.16. The molecule has 1 heterocycles. The first-order valence-corrected chi connectivity index (χ1v) is 5.53. The molecule has 16 heavy (non-hydrogen) atoms. The fourth-order valence-corrected chi connectivity index (χ4v) is 2.16. The van der Waals surface area contributed by atoms with Gasteiger partial charge in [0.25, 0.3) is 0 Å². The minimum absolute atomic E-state index is 0.255. The van der Waals surface area contributed by atoms with E-state index in [1.165, 1.54) is 0 Å². The number of rotatable bonds is 3. The zero-order valence-corrected chi connectivity index (χ0v) is 9.99. The van der Waals surface area contributed by atoms with Gasteiger partial charge in [0.1, 0.15) is 11.5 Å². The summed E-state index contributed by atoms with van der Waals surface area (Å²) in [7, 11) is 1.66. The predicted octanol–water partition coefficient (Wildman–Crippen LogP) is 2.33. The maximum Gasteiger partial charge on any atom is 0.123 e. The third-order valence-corrected chi connectivity index (χ3v) is 2.84. The smallest absolute Gasteiger partial charge is 0.123 e. The second kappa shape index (κ2) is 3.98. The lowest BCUT2D eigenvalue weighted by Gasteiger charge is -2.21. The van der Waals surface area contributed by atoms with Gasteiger partial charge in [0.2, 0.25) is 0 Å². The molecule has 0 fully saturated rings. The summed E-state index contributed by atoms with van der Waals surface area (Å²) in [5.41, 5.74) is 0.472. The zero-order valence-electron chi connectivity index (χ0n) is 9.99. The van der Waals surface area contributed by atoms with Crippen LogP contribution < -0.4 is 9.47 Å². The normalized spacial score (nSPS) is 19.1. The molecule has 88 valence electrons. The Kier molecular flexibility index (Phi) is 2.80. The molecule has 0 radical (unpaired) electrons. The molecule has 2 rings (SSSR count). The van der Waals surface area contributed by atoms with Gasteiger partial charge in [-0.3, -0.25) is 0 Å². The SMILES string of the molecule is COc1ccc2c(c1)C(CC(C)(C)O)CO2. The van der Waals surface area contributed by atoms with Gasteiger partial charge in [0.05, 0.1) is 19.3 Å². The van der Waals surface area contributed by atoms with Crippen molar-refractivity contribution in [3.8, 4) is 11.5 Å². The van der Waals surface area contributed by atoms with Crippen molar-refractivity contribution in [2.45, 2.75) is 31.8 Å². The van der Waals surface area contributed by atoms with E-state index in [4.69, 9.17) is 9.47 Å². The van der Waals surface area contributed by atoms with E-state index in [2.05, 4.69) is 0 Å². The van der Waals surface area contributed by atoms with Crippen molar-refractivity contribution < 1.29 is 14.6 Å². The van der Waals surface area contributed by atoms with E-state index in [1.54, 1.807) is 7.11 Å². The van der Waals surface area contributed by atoms with Crippen molar-refractivity contribution in [2.24, 2.45) is 0 Å². The first-order chi connectivity index (χ1) is 7.49. The van der Waals surface area contributed by atoms with Crippen LogP contribution in [0.15, 0.2) is 18.2 Å². The Morgan fingerprint density at radius 1 is 1.50 bits per heavy atom. The van der Waals surface area contributed by atoms with Crippen molar-refractivity contribution in [2.75, 3.05) is 13.7 Å². The Balaban J connectivity index is 2.24. The quantitative estimate of drug-likeness (QED) is 0.853. The standard InChI is InChI=1S/C13H18O3/c1-13(2,14)7-9-8-16-12-5-4-10(15-3)6-11(9)12/h4-6,9,14H,7-8H2,1-3H3. The van der Waals surface area contributed by atoms with Gasteiger partial charge in [0.15, 0.2) is 0 Å². The van der Waals surface area contributed by atoms with Gasteiger partial charge in [-0.1, -0.05) is 0 Å². The molecule has 0 aromatic heterocycles. The summed E-state index contributed by atoms with van der Waals surface area (Å²) in [6, 6.07) is 5.82. The maximum absolute atomic E-state index is 9.84. The third-order valence-electron chi connectivity index (χ3n) is 2.84. The number of hydrogen-bond acceptors (Lipinski definition) is 3. The Bertz CT molecular complexity index is 379. The molecular formula is C13H18O3. The summed E-state index contributed by atoms with van der Waals surface area (Å²) in [4.78, 5) is 0. The van der Waals surface area contributed by atoms with Crippen LogP contribution in [-0.4, -0.2) is 24.4 Å². The highest BCUT2D eigenvalue weighted by Gasteiger charge is 2.29. The lowest BCUT2D eigenvalue weighted by Crippen LogP contribution is -2.22. The van der Waals surface area contributed by atoms with E-state index in [1.807, 2.05) is 32.0 Å². The van der Waals surface area contributed by atoms with E-state index in [9.17, 15) is 5.11 Å². The van der Waals surface area contributed by atoms with Crippen molar-refractivity contribution in [3.63, 3.8) is 0 Å². The lowest BCUT2D eigenvalue weighted by atomic mass is 9.89. The molecule has 1 unspecified atom stereocenters. The molecule has 0 bridgehead atoms. The van der Waals surface area contributed by atoms with Gasteiger partial charge in [0, 0.05) is 11.5 Å². The molecule has 0 saturated carbocycles. The van der Waals surface area contributed by atoms with Crippen LogP contribution in [0.5, 0.6) is 11.5 Å². The van der Waals surface area contributed by atoms with E-state index in [-0.39, 0.29) is 5.92 Å². The summed E-state index contributed by atoms with van der Waals surface area (Å²) >= 11 is 0. The van der Waals surface area contributed by atoms with E-state index < -0.39 is 5.60 Å². The van der Waals surface area contributed by atoms with Crippen LogP contribution in [-0.2, 0) is 0 Å². The van der Waals surface area contributed by atoms with Crippen LogP contribution in [0.3, 0.4) is 0 Å². The van der Waals surface area contributed by atoms with Crippen LogP contribution in [0.1, 0.15) is 31.7 Å². The number of fused-ring (bicyclic) bond motifs is 1. The summed E-state index contributed by atoms with van der Waals surface area (Å²) in [6.45, 7) is 4.29. The van der Waals surface area contributed by atoms with E-state index in [0.717, 1.165) is 17.1 Å². The summed E-state index contributed by atoms with van der Waals surface area (Å²) < 4.78 is 10.8. The molecule has 0 saturated heterocycles. The molecule has 1 aromatic carbocycles. The van der Waals surface area contributed by atoms with Crippen LogP contribution in [0.2, 0.25) is 0 Å². The van der Waals surface area contributed by atoms with Gasteiger partial charge < -0.3 is 14.6 Å². The van der Waals surface area contributed by atoms with Gasteiger partial charge in [-0.15, -0.1) is 0 Å². The lowest BCUT2D eigenvalue weighted by molar-refractivity contribution is 0.0602. The second-order valence-corrected chi connectivity index (χ2v) is 4.93. The molecular weight excluding hydrogens is 204 g/mol. The molecule has 3 heteroatoms. The first kappa shape index (κ1) is 11.3. The molecule has 1 aliphatic heterocycles. The molecule has 1 aromatic rings. The molecule has 0 amide bonds. The monoisotopic (exact) mass is 222 g/mol. The molecule has 1 atom stereocenters. The number of ether oxygens (including phenoxy) is 2. The van der Waals surface area contributed by atoms with Crippen LogP contribution in [0, 0.1) is 0 Å². The Morgan fingerprint density at radius 2 is 2.25 bits per heavy atom. The highest BCUT2D eigenvalue weighted by atomic mass is 16.5. The first-order valence-electron chi connectivity index (χ1n) is 5.53. The minimum atomic E-state index is -0.668. The second-order valence-electron chi connectivity index (χ2n) is 4.93. The fraction of sp³-hybridized carbons (Fsp3) is 0.538. The van der Waals surface area contributed by atoms with Gasteiger partial charge in [-0.05, 0) is 38.5 Å². The zero-order chi connectivity index (χ0) is 11.8. The molecule has 1 N–H and O–H groups in total. The molecule has 0 spiro atoms. The van der Waals surface area contributed by atoms with Crippen molar-refractivity contribution in [1.29, 1.82) is 0 Å². The molecule has 3 nitrogen and oxygen atoms in total. The van der Waals surface area contributed by atoms with Crippen LogP contribution in [0.4, 0.5) is 0 Å². The third kappa shape index (κ3) is 2.30. The predicted molar refractivity (Wildman–Crippen MR) is 62.1 cm³/mol. The number of aliphatic hydroxyl groups is 1. The minimum Gasteiger partial charge on any atom is -0.497 e. The van der Waals surface area contributed by atoms with Crippen molar-refractivity contribution in [1.82, 2.24) is 0 Å². The van der Waals surface area contributed by atoms with Crippen molar-refractivity contribution >= 4 is 0 Å². The van der Waals surface area contributed by atoms with Gasteiger partial charge in [-0.25, -0.2) is 0 Å². The topological polar surface area (TPSA) is 38.7 Å². The number of hydrogen-bond donors (Lipinski definition) is 1. The summed E-state index contributed by atoms with van der Waals surface area (Å²) in [5.74, 6) is 2.00. The van der Waals surface area contributed by atoms with Gasteiger partial charge in [-0.2, -0.15) is 0 Å². The number of benzene rings is 1. The Hall–Kier alpha value is -1.22. The largest absolute Gasteiger partial charge is 0.497 e. The van der Waals surface area contributed by atoms with Crippen LogP contribution in [0.25, 0.3) is 0 Å². The maximum atomic E-state index is 9.84. The number of methoxy groups -OCH3 is 1.